The van der Waals surface area contributed by atoms with Crippen LogP contribution in [0.4, 0.5) is 20.8 Å². The highest BCUT2D eigenvalue weighted by molar-refractivity contribution is 7.15. The number of nitrogens with one attached hydrogen (secondary N) is 2. The number of nitrogens with zero attached hydrogens (tertiary/aromatic N) is 4. The lowest BCUT2D eigenvalue weighted by Crippen LogP contribution is -2.51. The number of hydrogen-bond donors (Lipinski definition) is 3. The summed E-state index contributed by atoms with van der Waals surface area (Å²) in [6.45, 7) is 7.57. The van der Waals surface area contributed by atoms with Crippen LogP contribution in [0.5, 0.6) is 11.6 Å². The van der Waals surface area contributed by atoms with Crippen molar-refractivity contribution in [3.05, 3.63) is 53.7 Å². The van der Waals surface area contributed by atoms with Crippen LogP contribution >= 0.6 is 11.3 Å². The summed E-state index contributed by atoms with van der Waals surface area (Å²) >= 11 is 1.47. The van der Waals surface area contributed by atoms with Crippen molar-refractivity contribution in [1.29, 1.82) is 0 Å². The zero-order valence-electron chi connectivity index (χ0n) is 26.8. The van der Waals surface area contributed by atoms with Gasteiger partial charge in [0.05, 0.1) is 17.2 Å². The number of aromatic nitrogens is 3. The van der Waals surface area contributed by atoms with Gasteiger partial charge in [0.25, 0.3) is 0 Å². The molecule has 4 atom stereocenters. The predicted octanol–water partition coefficient (Wildman–Crippen LogP) is 7.30. The molecule has 1 amide bonds. The highest BCUT2D eigenvalue weighted by Crippen LogP contribution is 2.41. The number of ether oxygens (including phenoxy) is 2. The van der Waals surface area contributed by atoms with E-state index >= 15 is 0 Å². The Labute approximate surface area is 272 Å². The first kappa shape index (κ1) is 31.9. The van der Waals surface area contributed by atoms with Gasteiger partial charge in [0.2, 0.25) is 11.8 Å². The van der Waals surface area contributed by atoms with Crippen molar-refractivity contribution < 1.29 is 18.7 Å². The van der Waals surface area contributed by atoms with Gasteiger partial charge >= 0.3 is 6.09 Å². The number of piperidine rings is 1. The molecule has 1 saturated heterocycles. The van der Waals surface area contributed by atoms with Crippen LogP contribution in [0.15, 0.2) is 48.7 Å². The first-order valence-corrected chi connectivity index (χ1v) is 16.7. The van der Waals surface area contributed by atoms with Crippen molar-refractivity contribution in [3.8, 4) is 22.2 Å². The molecule has 4 aromatic rings. The van der Waals surface area contributed by atoms with Gasteiger partial charge in [0.15, 0.2) is 0 Å². The number of benzene rings is 2. The molecule has 10 nitrogen and oxygen atoms in total. The molecule has 46 heavy (non-hydrogen) atoms. The van der Waals surface area contributed by atoms with E-state index in [0.717, 1.165) is 39.2 Å². The summed E-state index contributed by atoms with van der Waals surface area (Å²) in [5.41, 5.74) is 7.44. The van der Waals surface area contributed by atoms with Crippen LogP contribution in [-0.2, 0) is 4.74 Å². The van der Waals surface area contributed by atoms with Crippen molar-refractivity contribution in [2.75, 3.05) is 23.7 Å². The van der Waals surface area contributed by atoms with Crippen molar-refractivity contribution >= 4 is 39.8 Å². The van der Waals surface area contributed by atoms with E-state index in [1.807, 2.05) is 37.3 Å². The quantitative estimate of drug-likeness (QED) is 0.189. The number of carbonyl (C=O) groups is 1. The van der Waals surface area contributed by atoms with Crippen LogP contribution in [0.3, 0.4) is 0 Å². The number of fused-ring (bicyclic) bond motifs is 1. The lowest BCUT2D eigenvalue weighted by Gasteiger charge is -2.36. The SMILES string of the molecule is Cc1nc(Oc2ccc(N[C@@H]3CCCC[C@H]3N)c3ccccc23)c(-c2ccnc(N[C@H]3C[C@H](F)CN(C(=O)OC(C)(C)C)C3)n2)s1. The Morgan fingerprint density at radius 2 is 1.83 bits per heavy atom. The standard InChI is InChI=1S/C34H42FN7O3S/c1-20-38-31(44-29-14-13-26(23-9-5-6-10-24(23)29)40-27-12-8-7-11-25(27)36)30(46-20)28-15-16-37-32(41-28)39-22-17-21(35)18-42(19-22)33(43)45-34(2,3)4/h5-6,9-10,13-16,21-22,25,27,40H,7-8,11-12,17-19,36H2,1-4H3,(H,37,39,41)/t21-,22-,25+,27+/m0/s1. The van der Waals surface area contributed by atoms with E-state index in [4.69, 9.17) is 25.2 Å². The molecule has 6 rings (SSSR count). The summed E-state index contributed by atoms with van der Waals surface area (Å²) in [5.74, 6) is 1.47. The van der Waals surface area contributed by atoms with Crippen molar-refractivity contribution in [2.24, 2.45) is 5.73 Å². The fourth-order valence-corrected chi connectivity index (χ4v) is 6.94. The van der Waals surface area contributed by atoms with Gasteiger partial charge in [-0.15, -0.1) is 11.3 Å². The first-order chi connectivity index (χ1) is 22.0. The molecule has 3 heterocycles. The predicted molar refractivity (Wildman–Crippen MR) is 180 cm³/mol. The van der Waals surface area contributed by atoms with Crippen LogP contribution in [0.1, 0.15) is 57.9 Å². The minimum absolute atomic E-state index is 0.00528. The maximum Gasteiger partial charge on any atom is 0.410 e. The fourth-order valence-electron chi connectivity index (χ4n) is 6.12. The molecule has 0 bridgehead atoms. The van der Waals surface area contributed by atoms with E-state index < -0.39 is 17.9 Å². The lowest BCUT2D eigenvalue weighted by atomic mass is 9.90. The number of amides is 1. The molecule has 1 aliphatic heterocycles. The Kier molecular flexibility index (Phi) is 9.28. The van der Waals surface area contributed by atoms with Crippen molar-refractivity contribution in [2.45, 2.75) is 89.7 Å². The highest BCUT2D eigenvalue weighted by Gasteiger charge is 2.33. The number of carbonyl (C=O) groups excluding carboxylic acids is 1. The number of rotatable bonds is 7. The Morgan fingerprint density at radius 1 is 1.04 bits per heavy atom. The number of likely N-dealkylation sites (tertiary alicyclic amines) is 1. The average molecular weight is 648 g/mol. The maximum absolute atomic E-state index is 14.7. The normalized spacial score (nSPS) is 22.0. The molecule has 2 aromatic heterocycles. The molecule has 2 fully saturated rings. The molecule has 0 spiro atoms. The molecular weight excluding hydrogens is 605 g/mol. The van der Waals surface area contributed by atoms with Gasteiger partial charge in [-0.2, -0.15) is 0 Å². The Hall–Kier alpha value is -4.03. The third-order valence-corrected chi connectivity index (χ3v) is 9.20. The number of hydrogen-bond acceptors (Lipinski definition) is 10. The largest absolute Gasteiger partial charge is 0.444 e. The van der Waals surface area contributed by atoms with E-state index in [-0.39, 0.29) is 37.6 Å². The Balaban J connectivity index is 1.21. The number of aryl methyl sites for hydroxylation is 1. The van der Waals surface area contributed by atoms with Gasteiger partial charge in [0, 0.05) is 53.7 Å². The zero-order chi connectivity index (χ0) is 32.4. The molecule has 0 unspecified atom stereocenters. The highest BCUT2D eigenvalue weighted by atomic mass is 32.1. The molecule has 2 aliphatic rings. The number of anilines is 2. The van der Waals surface area contributed by atoms with E-state index in [2.05, 4.69) is 21.7 Å². The van der Waals surface area contributed by atoms with Crippen LogP contribution in [0.2, 0.25) is 0 Å². The van der Waals surface area contributed by atoms with Gasteiger partial charge in [-0.1, -0.05) is 37.1 Å². The summed E-state index contributed by atoms with van der Waals surface area (Å²) in [5, 5.41) is 9.77. The summed E-state index contributed by atoms with van der Waals surface area (Å²) in [6.07, 6.45) is 4.60. The van der Waals surface area contributed by atoms with Gasteiger partial charge in [0.1, 0.15) is 22.4 Å². The smallest absolute Gasteiger partial charge is 0.410 e. The zero-order valence-corrected chi connectivity index (χ0v) is 27.6. The Morgan fingerprint density at radius 3 is 2.61 bits per heavy atom. The van der Waals surface area contributed by atoms with E-state index in [1.54, 1.807) is 33.0 Å². The fraction of sp³-hybridized carbons (Fsp3) is 0.471. The second-order valence-electron chi connectivity index (χ2n) is 13.2. The maximum atomic E-state index is 14.7. The van der Waals surface area contributed by atoms with E-state index in [9.17, 15) is 9.18 Å². The second kappa shape index (κ2) is 13.4. The van der Waals surface area contributed by atoms with Crippen LogP contribution in [0.25, 0.3) is 21.3 Å². The van der Waals surface area contributed by atoms with Crippen LogP contribution in [0, 0.1) is 6.92 Å². The van der Waals surface area contributed by atoms with E-state index in [1.165, 1.54) is 29.1 Å². The monoisotopic (exact) mass is 647 g/mol. The molecule has 0 radical (unpaired) electrons. The van der Waals surface area contributed by atoms with Crippen molar-refractivity contribution in [1.82, 2.24) is 19.9 Å². The second-order valence-corrected chi connectivity index (χ2v) is 14.4. The molecule has 1 aliphatic carbocycles. The molecule has 2 aromatic carbocycles. The van der Waals surface area contributed by atoms with Crippen LogP contribution in [-0.4, -0.2) is 68.9 Å². The summed E-state index contributed by atoms with van der Waals surface area (Å²) < 4.78 is 26.7. The molecule has 1 saturated carbocycles. The van der Waals surface area contributed by atoms with Gasteiger partial charge in [-0.3, -0.25) is 0 Å². The average Bonchev–Trinajstić information content (AvgIpc) is 3.38. The first-order valence-electron chi connectivity index (χ1n) is 15.9. The third kappa shape index (κ3) is 7.50. The molecule has 12 heteroatoms. The van der Waals surface area contributed by atoms with Gasteiger partial charge in [-0.25, -0.2) is 24.1 Å². The number of alkyl halides is 1. The minimum atomic E-state index is -1.19. The minimum Gasteiger partial charge on any atom is -0.444 e. The number of thiazole rings is 1. The summed E-state index contributed by atoms with van der Waals surface area (Å²) in [6, 6.07) is 14.0. The molecule has 244 valence electrons. The topological polar surface area (TPSA) is 128 Å². The lowest BCUT2D eigenvalue weighted by molar-refractivity contribution is 0.0124. The van der Waals surface area contributed by atoms with E-state index in [0.29, 0.717) is 23.3 Å². The Bertz CT molecular complexity index is 1690. The summed E-state index contributed by atoms with van der Waals surface area (Å²) in [7, 11) is 0. The third-order valence-electron chi connectivity index (χ3n) is 8.23. The number of halogens is 1. The number of nitrogens with two attached hydrogens (primary N) is 1. The molecule has 4 N–H and O–H groups in total. The summed E-state index contributed by atoms with van der Waals surface area (Å²) in [4.78, 5) is 28.6. The van der Waals surface area contributed by atoms with Crippen molar-refractivity contribution in [3.63, 3.8) is 0 Å². The molecular formula is C34H42FN7O3S. The van der Waals surface area contributed by atoms with Gasteiger partial charge < -0.3 is 30.7 Å². The van der Waals surface area contributed by atoms with Crippen LogP contribution < -0.4 is 21.1 Å². The van der Waals surface area contributed by atoms with Gasteiger partial charge in [-0.05, 0) is 58.7 Å².